The van der Waals surface area contributed by atoms with Crippen LogP contribution in [0.2, 0.25) is 0 Å². The van der Waals surface area contributed by atoms with Crippen LogP contribution >= 0.6 is 11.8 Å². The number of guanidine groups is 1. The Morgan fingerprint density at radius 1 is 0.824 bits per heavy atom. The highest BCUT2D eigenvalue weighted by Crippen LogP contribution is 2.24. The van der Waals surface area contributed by atoms with E-state index in [1.54, 1.807) is 7.05 Å². The van der Waals surface area contributed by atoms with E-state index in [-0.39, 0.29) is 36.8 Å². The number of primary amides is 1. The van der Waals surface area contributed by atoms with Gasteiger partial charge in [0.2, 0.25) is 53.2 Å². The van der Waals surface area contributed by atoms with Crippen molar-refractivity contribution >= 4 is 70.9 Å². The number of nitrogens with two attached hydrogens (primary N) is 1. The molecular formula is C45H78N12O10S. The fourth-order valence-corrected chi connectivity index (χ4v) is 8.48. The first-order valence-corrected chi connectivity index (χ1v) is 24.9. The molecule has 68 heavy (non-hydrogen) atoms. The average Bonchev–Trinajstić information content (AvgIpc) is 3.30. The molecule has 0 aromatic rings. The van der Waals surface area contributed by atoms with Crippen LogP contribution in [0.25, 0.3) is 0 Å². The van der Waals surface area contributed by atoms with Crippen molar-refractivity contribution < 1.29 is 48.3 Å². The smallest absolute Gasteiger partial charge is 0.248 e. The quantitative estimate of drug-likeness (QED) is 0.0324. The number of hydrogen-bond acceptors (Lipinski definition) is 12. The highest BCUT2D eigenvalue weighted by atomic mass is 32.2. The van der Waals surface area contributed by atoms with Crippen LogP contribution in [0.15, 0.2) is 16.6 Å². The molecule has 2 rings (SSSR count). The number of nitrogens with one attached hydrogen (secondary N) is 10. The number of unbranched alkanes of at least 4 members (excludes halogenated alkanes) is 11. The number of carbonyl (C=O) groups excluding carboxylic acids is 9. The monoisotopic (exact) mass is 979 g/mol. The molecule has 2 heterocycles. The fourth-order valence-electron chi connectivity index (χ4n) is 7.61. The molecule has 0 aromatic heterocycles. The lowest BCUT2D eigenvalue weighted by Gasteiger charge is -2.37. The average molecular weight is 979 g/mol. The minimum atomic E-state index is -2.13. The van der Waals surface area contributed by atoms with Crippen LogP contribution in [0.4, 0.5) is 0 Å². The Kier molecular flexibility index (Phi) is 27.9. The first kappa shape index (κ1) is 58.7. The van der Waals surface area contributed by atoms with Crippen LogP contribution in [-0.2, 0) is 43.2 Å². The van der Waals surface area contributed by atoms with E-state index in [1.807, 2.05) is 20.9 Å². The topological polar surface area (TPSA) is 333 Å². The molecule has 0 aliphatic carbocycles. The second-order valence-corrected chi connectivity index (χ2v) is 18.6. The van der Waals surface area contributed by atoms with Crippen LogP contribution in [0.5, 0.6) is 0 Å². The first-order chi connectivity index (χ1) is 32.4. The van der Waals surface area contributed by atoms with Gasteiger partial charge >= 0.3 is 0 Å². The zero-order chi connectivity index (χ0) is 50.5. The Bertz CT molecular complexity index is 1750. The van der Waals surface area contributed by atoms with Gasteiger partial charge in [-0.05, 0) is 43.9 Å². The van der Waals surface area contributed by atoms with Gasteiger partial charge in [-0.2, -0.15) is 0 Å². The highest BCUT2D eigenvalue weighted by molar-refractivity contribution is 8.02. The van der Waals surface area contributed by atoms with Gasteiger partial charge in [-0.15, -0.1) is 11.8 Å². The van der Waals surface area contributed by atoms with E-state index >= 15 is 0 Å². The Labute approximate surface area is 404 Å². The minimum absolute atomic E-state index is 0.101. The maximum absolute atomic E-state index is 14.6. The Morgan fingerprint density at radius 2 is 1.44 bits per heavy atom. The minimum Gasteiger partial charge on any atom is -0.394 e. The molecule has 0 unspecified atom stereocenters. The fraction of sp³-hybridized carbons (Fsp3) is 0.733. The summed E-state index contributed by atoms with van der Waals surface area (Å²) in [6.07, 6.45) is 13.1. The zero-order valence-electron chi connectivity index (χ0n) is 40.5. The van der Waals surface area contributed by atoms with Gasteiger partial charge in [-0.1, -0.05) is 78.1 Å². The number of aliphatic hydroxyl groups excluding tert-OH is 1. The van der Waals surface area contributed by atoms with Crippen molar-refractivity contribution in [2.75, 3.05) is 39.5 Å². The highest BCUT2D eigenvalue weighted by Gasteiger charge is 2.46. The van der Waals surface area contributed by atoms with E-state index in [2.05, 4.69) is 58.2 Å². The molecule has 0 aromatic carbocycles. The summed E-state index contributed by atoms with van der Waals surface area (Å²) < 4.78 is 0. The number of nitrogens with zero attached hydrogens (tertiary/aromatic N) is 1. The third-order valence-corrected chi connectivity index (χ3v) is 12.4. The van der Waals surface area contributed by atoms with E-state index < -0.39 is 109 Å². The molecule has 1 fully saturated rings. The van der Waals surface area contributed by atoms with Crippen LogP contribution in [-0.4, -0.2) is 140 Å². The van der Waals surface area contributed by atoms with Gasteiger partial charge in [-0.25, -0.2) is 0 Å². The van der Waals surface area contributed by atoms with E-state index in [4.69, 9.17) is 5.73 Å². The van der Waals surface area contributed by atoms with Crippen molar-refractivity contribution in [3.05, 3.63) is 11.6 Å². The molecule has 2 aliphatic rings. The molecule has 22 nitrogen and oxygen atoms in total. The predicted molar refractivity (Wildman–Crippen MR) is 259 cm³/mol. The molecule has 23 heteroatoms. The number of amides is 9. The van der Waals surface area contributed by atoms with E-state index in [0.29, 0.717) is 6.42 Å². The molecule has 384 valence electrons. The van der Waals surface area contributed by atoms with Crippen molar-refractivity contribution in [2.24, 2.45) is 16.6 Å². The van der Waals surface area contributed by atoms with Crippen molar-refractivity contribution in [2.45, 2.75) is 166 Å². The third-order valence-electron chi connectivity index (χ3n) is 11.5. The normalized spacial score (nSPS) is 23.1. The summed E-state index contributed by atoms with van der Waals surface area (Å²) in [5.74, 6) is -6.85. The SMILES string of the molecule is CN=C(NC)NCCCCCCCCCCCCCCC(=O)N[C@@H](C)C(=O)N[C@@H]1C[C@]2(CS/C=C\NC(=O)[C@@H](CO)NC(=O)[C@H](CCC(N)=O)NC2=O)NC(=O)CNC(=O)[C@H](CC(C)C)NC1=O. The lowest BCUT2D eigenvalue weighted by Crippen LogP contribution is -2.67. The van der Waals surface area contributed by atoms with Crippen molar-refractivity contribution in [3.63, 3.8) is 0 Å². The molecule has 0 radical (unpaired) electrons. The van der Waals surface area contributed by atoms with E-state index in [1.165, 1.54) is 57.1 Å². The lowest BCUT2D eigenvalue weighted by atomic mass is 9.89. The maximum Gasteiger partial charge on any atom is 0.248 e. The molecule has 13 N–H and O–H groups in total. The Hall–Kier alpha value is -5.45. The number of aliphatic imine (C=N–C) groups is 1. The summed E-state index contributed by atoms with van der Waals surface area (Å²) in [6.45, 7) is 4.56. The van der Waals surface area contributed by atoms with Gasteiger partial charge in [0.05, 0.1) is 13.2 Å². The van der Waals surface area contributed by atoms with Crippen molar-refractivity contribution in [3.8, 4) is 0 Å². The largest absolute Gasteiger partial charge is 0.394 e. The van der Waals surface area contributed by atoms with Crippen LogP contribution < -0.4 is 58.9 Å². The molecule has 6 atom stereocenters. The van der Waals surface area contributed by atoms with Gasteiger partial charge in [0.15, 0.2) is 5.96 Å². The van der Waals surface area contributed by atoms with E-state index in [9.17, 15) is 48.3 Å². The molecule has 1 spiro atoms. The number of carbonyl (C=O) groups is 9. The first-order valence-electron chi connectivity index (χ1n) is 23.9. The van der Waals surface area contributed by atoms with Crippen LogP contribution in [0.3, 0.4) is 0 Å². The van der Waals surface area contributed by atoms with Crippen molar-refractivity contribution in [1.29, 1.82) is 0 Å². The Morgan fingerprint density at radius 3 is 2.03 bits per heavy atom. The predicted octanol–water partition coefficient (Wildman–Crippen LogP) is -0.691. The van der Waals surface area contributed by atoms with Gasteiger partial charge in [-0.3, -0.25) is 48.1 Å². The maximum atomic E-state index is 14.6. The van der Waals surface area contributed by atoms with Gasteiger partial charge in [0.1, 0.15) is 35.7 Å². The summed E-state index contributed by atoms with van der Waals surface area (Å²) in [4.78, 5) is 125. The number of aliphatic hydroxyl groups is 1. The number of thioether (sulfide) groups is 1. The number of rotatable bonds is 24. The van der Waals surface area contributed by atoms with Crippen LogP contribution in [0, 0.1) is 5.92 Å². The second-order valence-electron chi connectivity index (χ2n) is 17.7. The third kappa shape index (κ3) is 22.6. The molecular weight excluding hydrogens is 901 g/mol. The summed E-state index contributed by atoms with van der Waals surface area (Å²) in [7, 11) is 3.60. The van der Waals surface area contributed by atoms with Gasteiger partial charge in [0.25, 0.3) is 0 Å². The second kappa shape index (κ2) is 32.3. The van der Waals surface area contributed by atoms with E-state index in [0.717, 1.165) is 56.4 Å². The lowest BCUT2D eigenvalue weighted by molar-refractivity contribution is -0.138. The summed E-state index contributed by atoms with van der Waals surface area (Å²) in [5.41, 5.74) is 3.23. The standard InChI is InChI=1S/C45H78N12O10S/c1-29(2)24-32-39(63)51-26-37(61)57-45(28-68-23-22-49-40(64)34(27-58)55-41(65)31(56-43(45)67)19-20-35(46)59)25-33(42(66)53-32)54-38(62)30(3)52-36(60)18-16-14-12-10-8-6-7-9-11-13-15-17-21-50-44(47-4)48-5/h22-23,29-34,58H,6-21,24-28H2,1-5H3,(H2,46,59)(H,49,64)(H,51,63)(H,52,60)(H,53,66)(H,54,62)(H,55,65)(H,56,67)(H,57,61)(H2,47,48,50)/b23-22-/t30-,31-,32-,33+,34+,45+/m0/s1. The zero-order valence-corrected chi connectivity index (χ0v) is 41.3. The molecule has 2 aliphatic heterocycles. The van der Waals surface area contributed by atoms with Gasteiger partial charge < -0.3 is 64.0 Å². The Balaban J connectivity index is 2.17. The summed E-state index contributed by atoms with van der Waals surface area (Å²) >= 11 is 0.911. The molecule has 1 saturated heterocycles. The summed E-state index contributed by atoms with van der Waals surface area (Å²) in [6, 6.07) is -6.91. The molecule has 0 bridgehead atoms. The molecule has 0 saturated carbocycles. The van der Waals surface area contributed by atoms with Crippen LogP contribution in [0.1, 0.15) is 130 Å². The number of hydrogen-bond donors (Lipinski definition) is 12. The summed E-state index contributed by atoms with van der Waals surface area (Å²) in [5, 5.41) is 37.8. The van der Waals surface area contributed by atoms with Crippen molar-refractivity contribution in [1.82, 2.24) is 53.2 Å². The molecule has 9 amide bonds. The van der Waals surface area contributed by atoms with Gasteiger partial charge in [0, 0.05) is 51.9 Å².